The van der Waals surface area contributed by atoms with E-state index in [1.807, 2.05) is 13.0 Å². The van der Waals surface area contributed by atoms with Gasteiger partial charge in [-0.25, -0.2) is 23.9 Å². The van der Waals surface area contributed by atoms with E-state index in [1.165, 1.54) is 4.57 Å². The molecule has 46 heavy (non-hydrogen) atoms. The predicted octanol–water partition coefficient (Wildman–Crippen LogP) is 4.78. The minimum Gasteiger partial charge on any atom is -0.462 e. The van der Waals surface area contributed by atoms with E-state index in [-0.39, 0.29) is 36.9 Å². The van der Waals surface area contributed by atoms with Gasteiger partial charge in [-0.05, 0) is 76.9 Å². The van der Waals surface area contributed by atoms with Crippen molar-refractivity contribution in [1.82, 2.24) is 14.9 Å². The van der Waals surface area contributed by atoms with Crippen molar-refractivity contribution in [2.75, 3.05) is 51.0 Å². The van der Waals surface area contributed by atoms with Crippen LogP contribution in [0.4, 0.5) is 10.5 Å². The lowest BCUT2D eigenvalue weighted by Gasteiger charge is -2.29. The third-order valence-corrected chi connectivity index (χ3v) is 7.26. The van der Waals surface area contributed by atoms with Crippen molar-refractivity contribution in [3.05, 3.63) is 64.1 Å². The van der Waals surface area contributed by atoms with Crippen LogP contribution in [0.25, 0.3) is 16.6 Å². The van der Waals surface area contributed by atoms with Gasteiger partial charge in [0.2, 0.25) is 0 Å². The van der Waals surface area contributed by atoms with Crippen molar-refractivity contribution in [3.63, 3.8) is 0 Å². The number of fused-ring (bicyclic) bond motifs is 1. The molecule has 0 aliphatic carbocycles. The summed E-state index contributed by atoms with van der Waals surface area (Å²) in [6, 6.07) is 10.4. The number of nitrogens with one attached hydrogen (secondary N) is 1. The average molecular weight is 657 g/mol. The van der Waals surface area contributed by atoms with Gasteiger partial charge in [-0.15, -0.1) is 0 Å². The summed E-state index contributed by atoms with van der Waals surface area (Å²) in [5.41, 5.74) is 1.23. The second kappa shape index (κ2) is 15.0. The fraction of sp³-hybridized carbons (Fsp3) is 0.455. The second-order valence-electron chi connectivity index (χ2n) is 11.6. The van der Waals surface area contributed by atoms with Gasteiger partial charge < -0.3 is 34.3 Å². The van der Waals surface area contributed by atoms with Gasteiger partial charge in [0.15, 0.2) is 5.82 Å². The Morgan fingerprint density at radius 2 is 1.74 bits per heavy atom. The Bertz CT molecular complexity index is 1620. The summed E-state index contributed by atoms with van der Waals surface area (Å²) in [5, 5.41) is 14.3. The number of carbonyl (C=O) groups excluding carboxylic acids is 3. The lowest BCUT2D eigenvalue weighted by atomic mass is 10.1. The third kappa shape index (κ3) is 8.17. The summed E-state index contributed by atoms with van der Waals surface area (Å²) < 4.78 is 23.2. The highest BCUT2D eigenvalue weighted by molar-refractivity contribution is 6.30. The van der Waals surface area contributed by atoms with Gasteiger partial charge >= 0.3 is 18.0 Å². The maximum Gasteiger partial charge on any atom is 0.420 e. The third-order valence-electron chi connectivity index (χ3n) is 7.03. The highest BCUT2D eigenvalue weighted by Gasteiger charge is 2.34. The number of anilines is 1. The molecule has 0 saturated carbocycles. The lowest BCUT2D eigenvalue weighted by molar-refractivity contribution is -0.140. The number of ether oxygens (including phenoxy) is 4. The van der Waals surface area contributed by atoms with Crippen LogP contribution in [0.2, 0.25) is 5.02 Å². The largest absolute Gasteiger partial charge is 0.462 e. The van der Waals surface area contributed by atoms with Crippen LogP contribution < -0.4 is 10.2 Å². The topological polar surface area (TPSA) is 141 Å². The molecule has 0 spiro atoms. The molecule has 1 atom stereocenters. The quantitative estimate of drug-likeness (QED) is 0.177. The SMILES string of the molecule is CCOC(=O)C(NC[C@@H](O)c1cccc(Cl)c1)=C(C(=O)OCC)c1nc2c(C)cc(N3CCOCC3)cc2n1C(=O)OC(C)(C)C. The molecule has 13 heteroatoms. The monoisotopic (exact) mass is 656 g/mol. The number of esters is 2. The van der Waals surface area contributed by atoms with Crippen molar-refractivity contribution in [2.45, 2.75) is 53.2 Å². The maximum atomic E-state index is 13.9. The Morgan fingerprint density at radius 1 is 1.07 bits per heavy atom. The van der Waals surface area contributed by atoms with Crippen molar-refractivity contribution >= 4 is 51.9 Å². The summed E-state index contributed by atoms with van der Waals surface area (Å²) >= 11 is 6.11. The Balaban J connectivity index is 1.97. The Hall–Kier alpha value is -4.13. The number of morpholine rings is 1. The molecule has 2 heterocycles. The summed E-state index contributed by atoms with van der Waals surface area (Å²) in [4.78, 5) is 48.1. The molecule has 12 nitrogen and oxygen atoms in total. The van der Waals surface area contributed by atoms with Crippen LogP contribution in [0.15, 0.2) is 42.1 Å². The van der Waals surface area contributed by atoms with E-state index < -0.39 is 29.7 Å². The highest BCUT2D eigenvalue weighted by Crippen LogP contribution is 2.32. The molecule has 1 fully saturated rings. The van der Waals surface area contributed by atoms with E-state index in [0.29, 0.717) is 47.9 Å². The van der Waals surface area contributed by atoms with Gasteiger partial charge in [0.05, 0.1) is 43.6 Å². The number of hydrogen-bond donors (Lipinski definition) is 2. The van der Waals surface area contributed by atoms with E-state index in [9.17, 15) is 19.5 Å². The number of benzene rings is 2. The first kappa shape index (κ1) is 34.7. The zero-order chi connectivity index (χ0) is 33.6. The molecular formula is C33H41ClN4O8. The van der Waals surface area contributed by atoms with E-state index in [4.69, 9.17) is 35.5 Å². The summed E-state index contributed by atoms with van der Waals surface area (Å²) in [5.74, 6) is -2.02. The number of halogens is 1. The number of carbonyl (C=O) groups is 3. The van der Waals surface area contributed by atoms with Gasteiger partial charge in [0.25, 0.3) is 0 Å². The normalized spacial score (nSPS) is 14.8. The first-order valence-corrected chi connectivity index (χ1v) is 15.6. The van der Waals surface area contributed by atoms with Gasteiger partial charge in [0, 0.05) is 30.3 Å². The molecule has 2 N–H and O–H groups in total. The molecule has 0 amide bonds. The fourth-order valence-electron chi connectivity index (χ4n) is 5.00. The van der Waals surface area contributed by atoms with Crippen LogP contribution in [0.5, 0.6) is 0 Å². The van der Waals surface area contributed by atoms with Crippen LogP contribution in [-0.4, -0.2) is 84.4 Å². The van der Waals surface area contributed by atoms with Crippen molar-refractivity contribution in [3.8, 4) is 0 Å². The fourth-order valence-corrected chi connectivity index (χ4v) is 5.20. The van der Waals surface area contributed by atoms with Gasteiger partial charge in [-0.1, -0.05) is 23.7 Å². The van der Waals surface area contributed by atoms with Gasteiger partial charge in [0.1, 0.15) is 16.9 Å². The van der Waals surface area contributed by atoms with E-state index in [0.717, 1.165) is 11.3 Å². The predicted molar refractivity (Wildman–Crippen MR) is 174 cm³/mol. The molecule has 0 radical (unpaired) electrons. The number of aryl methyl sites for hydroxylation is 1. The number of rotatable bonds is 10. The van der Waals surface area contributed by atoms with Gasteiger partial charge in [-0.3, -0.25) is 0 Å². The number of imidazole rings is 1. The number of hydrogen-bond acceptors (Lipinski definition) is 11. The van der Waals surface area contributed by atoms with Crippen LogP contribution in [-0.2, 0) is 28.5 Å². The molecule has 3 aromatic rings. The Morgan fingerprint density at radius 3 is 2.37 bits per heavy atom. The molecule has 0 bridgehead atoms. The summed E-state index contributed by atoms with van der Waals surface area (Å²) in [6.07, 6.45) is -1.94. The Kier molecular flexibility index (Phi) is 11.3. The standard InChI is InChI=1S/C33H41ClN4O8/c1-7-44-30(40)26(28(31(41)45-8-2)35-19-25(39)21-10-9-11-22(34)17-21)29-36-27-20(3)16-23(37-12-14-43-15-13-37)18-24(27)38(29)32(42)46-33(4,5)6/h9-11,16-18,25,35,39H,7-8,12-15,19H2,1-6H3/t25-/m1/s1. The van der Waals surface area contributed by atoms with Crippen LogP contribution in [0.1, 0.15) is 57.7 Å². The smallest absolute Gasteiger partial charge is 0.420 e. The number of aromatic nitrogens is 2. The summed E-state index contributed by atoms with van der Waals surface area (Å²) in [7, 11) is 0. The van der Waals surface area contributed by atoms with E-state index in [1.54, 1.807) is 65.0 Å². The van der Waals surface area contributed by atoms with Crippen LogP contribution >= 0.6 is 11.6 Å². The van der Waals surface area contributed by atoms with Crippen LogP contribution in [0.3, 0.4) is 0 Å². The summed E-state index contributed by atoms with van der Waals surface area (Å²) in [6.45, 7) is 12.4. The molecule has 1 saturated heterocycles. The number of aliphatic hydroxyl groups excluding tert-OH is 1. The zero-order valence-corrected chi connectivity index (χ0v) is 27.8. The number of aliphatic hydroxyl groups is 1. The molecule has 1 aliphatic heterocycles. The first-order valence-electron chi connectivity index (χ1n) is 15.2. The van der Waals surface area contributed by atoms with Gasteiger partial charge in [-0.2, -0.15) is 0 Å². The van der Waals surface area contributed by atoms with E-state index in [2.05, 4.69) is 10.2 Å². The minimum atomic E-state index is -1.13. The minimum absolute atomic E-state index is 0.0124. The molecule has 0 unspecified atom stereocenters. The molecule has 1 aliphatic rings. The van der Waals surface area contributed by atoms with Crippen molar-refractivity contribution < 1.29 is 38.4 Å². The van der Waals surface area contributed by atoms with E-state index >= 15 is 0 Å². The zero-order valence-electron chi connectivity index (χ0n) is 27.0. The highest BCUT2D eigenvalue weighted by atomic mass is 35.5. The lowest BCUT2D eigenvalue weighted by Crippen LogP contribution is -2.36. The molecule has 4 rings (SSSR count). The molecular weight excluding hydrogens is 616 g/mol. The first-order chi connectivity index (χ1) is 21.8. The average Bonchev–Trinajstić information content (AvgIpc) is 3.38. The molecule has 2 aromatic carbocycles. The Labute approximate surface area is 273 Å². The number of nitrogens with zero attached hydrogens (tertiary/aromatic N) is 3. The molecule has 248 valence electrons. The maximum absolute atomic E-state index is 13.9. The molecule has 1 aromatic heterocycles. The van der Waals surface area contributed by atoms with Crippen molar-refractivity contribution in [2.24, 2.45) is 0 Å². The van der Waals surface area contributed by atoms with Crippen LogP contribution in [0, 0.1) is 6.92 Å². The van der Waals surface area contributed by atoms with Crippen molar-refractivity contribution in [1.29, 1.82) is 0 Å². The second-order valence-corrected chi connectivity index (χ2v) is 12.1.